The van der Waals surface area contributed by atoms with E-state index in [4.69, 9.17) is 19.3 Å². The van der Waals surface area contributed by atoms with E-state index in [0.717, 1.165) is 11.1 Å². The first-order valence-corrected chi connectivity index (χ1v) is 9.37. The molecule has 1 aliphatic heterocycles. The molecule has 5 N–H and O–H groups in total. The molecule has 1 aliphatic rings. The van der Waals surface area contributed by atoms with Gasteiger partial charge < -0.3 is 39.7 Å². The highest BCUT2D eigenvalue weighted by atomic mass is 16.7. The van der Waals surface area contributed by atoms with Crippen LogP contribution in [-0.4, -0.2) is 75.4 Å². The maximum Gasteiger partial charge on any atom is 0.341 e. The van der Waals surface area contributed by atoms with Gasteiger partial charge >= 0.3 is 5.97 Å². The number of carbonyl (C=O) groups is 1. The van der Waals surface area contributed by atoms with Crippen molar-refractivity contribution in [1.82, 2.24) is 0 Å². The van der Waals surface area contributed by atoms with Gasteiger partial charge in [-0.1, -0.05) is 24.3 Å². The number of aliphatic hydroxyl groups is 4. The largest absolute Gasteiger partial charge is 0.482 e. The minimum Gasteiger partial charge on any atom is -0.482 e. The van der Waals surface area contributed by atoms with E-state index in [-0.39, 0.29) is 0 Å². The molecule has 1 heterocycles. The molecular formula is C21H24O9. The molecule has 9 heteroatoms. The summed E-state index contributed by atoms with van der Waals surface area (Å²) in [5.41, 5.74) is 1.76. The second kappa shape index (κ2) is 9.88. The molecule has 0 bridgehead atoms. The number of ether oxygens (including phenoxy) is 3. The predicted octanol–water partition coefficient (Wildman–Crippen LogP) is -0.0805. The van der Waals surface area contributed by atoms with Gasteiger partial charge in [0.15, 0.2) is 6.61 Å². The van der Waals surface area contributed by atoms with E-state index in [9.17, 15) is 25.2 Å². The lowest BCUT2D eigenvalue weighted by Gasteiger charge is -2.39. The van der Waals surface area contributed by atoms with Gasteiger partial charge in [-0.25, -0.2) is 4.79 Å². The number of aliphatic carboxylic acids is 1. The van der Waals surface area contributed by atoms with Crippen molar-refractivity contribution in [2.75, 3.05) is 13.2 Å². The summed E-state index contributed by atoms with van der Waals surface area (Å²) < 4.78 is 16.2. The molecule has 0 saturated carbocycles. The van der Waals surface area contributed by atoms with Crippen molar-refractivity contribution < 1.29 is 44.5 Å². The predicted molar refractivity (Wildman–Crippen MR) is 103 cm³/mol. The Bertz CT molecular complexity index is 854. The van der Waals surface area contributed by atoms with Crippen molar-refractivity contribution in [3.63, 3.8) is 0 Å². The molecule has 1 saturated heterocycles. The Morgan fingerprint density at radius 1 is 0.933 bits per heavy atom. The van der Waals surface area contributed by atoms with Crippen LogP contribution in [0.3, 0.4) is 0 Å². The summed E-state index contributed by atoms with van der Waals surface area (Å²) in [6, 6.07) is 14.0. The van der Waals surface area contributed by atoms with E-state index in [1.54, 1.807) is 36.4 Å². The summed E-state index contributed by atoms with van der Waals surface area (Å²) in [5, 5.41) is 47.8. The molecular weight excluding hydrogens is 396 g/mol. The Morgan fingerprint density at radius 3 is 2.20 bits per heavy atom. The average Bonchev–Trinajstić information content (AvgIpc) is 2.73. The number of carboxylic acids is 1. The second-order valence-electron chi connectivity index (χ2n) is 6.97. The molecule has 1 fully saturated rings. The van der Waals surface area contributed by atoms with Crippen LogP contribution in [0.1, 0.15) is 11.1 Å². The number of hydrogen-bond donors (Lipinski definition) is 5. The third-order valence-corrected chi connectivity index (χ3v) is 4.67. The van der Waals surface area contributed by atoms with E-state index in [0.29, 0.717) is 17.9 Å². The molecule has 0 aliphatic carbocycles. The lowest BCUT2D eigenvalue weighted by Crippen LogP contribution is -2.60. The van der Waals surface area contributed by atoms with Crippen LogP contribution in [0.15, 0.2) is 48.5 Å². The first kappa shape index (κ1) is 22.0. The van der Waals surface area contributed by atoms with Crippen LogP contribution in [0.4, 0.5) is 0 Å². The van der Waals surface area contributed by atoms with Crippen molar-refractivity contribution in [3.8, 4) is 11.5 Å². The normalized spacial score (nSPS) is 26.2. The van der Waals surface area contributed by atoms with Crippen LogP contribution in [0.2, 0.25) is 0 Å². The van der Waals surface area contributed by atoms with Crippen molar-refractivity contribution >= 4 is 5.97 Å². The minimum absolute atomic E-state index is 0.370. The lowest BCUT2D eigenvalue weighted by molar-refractivity contribution is -0.277. The van der Waals surface area contributed by atoms with Crippen LogP contribution in [0, 0.1) is 0 Å². The third kappa shape index (κ3) is 5.47. The number of carboxylic acid groups (broad SMARTS) is 1. The van der Waals surface area contributed by atoms with Gasteiger partial charge in [0, 0.05) is 0 Å². The van der Waals surface area contributed by atoms with Gasteiger partial charge in [-0.3, -0.25) is 0 Å². The summed E-state index contributed by atoms with van der Waals surface area (Å²) in [6.07, 6.45) is -6.26. The first-order valence-electron chi connectivity index (χ1n) is 9.37. The maximum absolute atomic E-state index is 10.6. The van der Waals surface area contributed by atoms with Gasteiger partial charge in [0.05, 0.1) is 6.61 Å². The molecule has 5 atom stereocenters. The Balaban J connectivity index is 1.68. The molecule has 3 rings (SSSR count). The molecule has 0 amide bonds. The first-order chi connectivity index (χ1) is 14.4. The fourth-order valence-corrected chi connectivity index (χ4v) is 3.15. The summed E-state index contributed by atoms with van der Waals surface area (Å²) in [5.74, 6) is -0.239. The Kier molecular flexibility index (Phi) is 7.24. The summed E-state index contributed by atoms with van der Waals surface area (Å²) in [4.78, 5) is 10.6. The summed E-state index contributed by atoms with van der Waals surface area (Å²) >= 11 is 0. The second-order valence-corrected chi connectivity index (χ2v) is 6.97. The summed E-state index contributed by atoms with van der Waals surface area (Å²) in [6.45, 7) is -0.961. The maximum atomic E-state index is 10.6. The van der Waals surface area contributed by atoms with Gasteiger partial charge in [0.2, 0.25) is 6.29 Å². The van der Waals surface area contributed by atoms with Gasteiger partial charge in [0.1, 0.15) is 35.9 Å². The monoisotopic (exact) mass is 420 g/mol. The zero-order chi connectivity index (χ0) is 21.7. The molecule has 9 nitrogen and oxygen atoms in total. The molecule has 2 aromatic carbocycles. The molecule has 0 radical (unpaired) electrons. The minimum atomic E-state index is -1.52. The van der Waals surface area contributed by atoms with Gasteiger partial charge in [-0.2, -0.15) is 0 Å². The standard InChI is InChI=1S/C21H24O9/c22-10-16-18(25)19(26)20(27)21(30-16)29-15-6-2-4-13(9-15)7-12-3-1-5-14(8-12)28-11-17(23)24/h1-6,8-9,16,18-22,25-27H,7,10-11H2,(H,23,24)/t16-,18-,19+,20+,21+/m1/s1. The quantitative estimate of drug-likeness (QED) is 0.396. The SMILES string of the molecule is O=C(O)COc1cccc(Cc2cccc(O[C@H]3O[C@H](CO)[C@@H](O)[C@H](O)[C@@H]3O)c2)c1. The molecule has 30 heavy (non-hydrogen) atoms. The van der Waals surface area contributed by atoms with Crippen LogP contribution < -0.4 is 9.47 Å². The van der Waals surface area contributed by atoms with E-state index in [1.807, 2.05) is 12.1 Å². The van der Waals surface area contributed by atoms with Crippen LogP contribution >= 0.6 is 0 Å². The topological polar surface area (TPSA) is 146 Å². The van der Waals surface area contributed by atoms with Gasteiger partial charge in [0.25, 0.3) is 0 Å². The number of aliphatic hydroxyl groups excluding tert-OH is 4. The van der Waals surface area contributed by atoms with E-state index in [2.05, 4.69) is 0 Å². The highest BCUT2D eigenvalue weighted by Crippen LogP contribution is 2.25. The van der Waals surface area contributed by atoms with Crippen LogP contribution in [0.25, 0.3) is 0 Å². The van der Waals surface area contributed by atoms with E-state index < -0.39 is 49.9 Å². The zero-order valence-electron chi connectivity index (χ0n) is 16.0. The fourth-order valence-electron chi connectivity index (χ4n) is 3.15. The average molecular weight is 420 g/mol. The Labute approximate surface area is 172 Å². The molecule has 0 unspecified atom stereocenters. The van der Waals surface area contributed by atoms with Crippen molar-refractivity contribution in [2.45, 2.75) is 37.1 Å². The van der Waals surface area contributed by atoms with Gasteiger partial charge in [-0.05, 0) is 41.8 Å². The van der Waals surface area contributed by atoms with Gasteiger partial charge in [-0.15, -0.1) is 0 Å². The highest BCUT2D eigenvalue weighted by Gasteiger charge is 2.44. The Hall–Kier alpha value is -2.69. The smallest absolute Gasteiger partial charge is 0.341 e. The fraction of sp³-hybridized carbons (Fsp3) is 0.381. The highest BCUT2D eigenvalue weighted by molar-refractivity contribution is 5.68. The van der Waals surface area contributed by atoms with Crippen molar-refractivity contribution in [3.05, 3.63) is 59.7 Å². The molecule has 2 aromatic rings. The van der Waals surface area contributed by atoms with E-state index in [1.165, 1.54) is 0 Å². The lowest BCUT2D eigenvalue weighted by atomic mass is 9.99. The van der Waals surface area contributed by atoms with E-state index >= 15 is 0 Å². The van der Waals surface area contributed by atoms with Crippen LogP contribution in [0.5, 0.6) is 11.5 Å². The van der Waals surface area contributed by atoms with Crippen molar-refractivity contribution in [1.29, 1.82) is 0 Å². The number of hydrogen-bond acceptors (Lipinski definition) is 8. The molecule has 0 spiro atoms. The van der Waals surface area contributed by atoms with Crippen molar-refractivity contribution in [2.24, 2.45) is 0 Å². The molecule has 0 aromatic heterocycles. The Morgan fingerprint density at radius 2 is 1.57 bits per heavy atom. The third-order valence-electron chi connectivity index (χ3n) is 4.67. The molecule has 162 valence electrons. The number of benzene rings is 2. The zero-order valence-corrected chi connectivity index (χ0v) is 16.0. The van der Waals surface area contributed by atoms with Crippen LogP contribution in [-0.2, 0) is 16.0 Å². The summed E-state index contributed by atoms with van der Waals surface area (Å²) in [7, 11) is 0. The number of rotatable bonds is 8.